The number of ether oxygens (including phenoxy) is 2. The molecule has 310 valence electrons. The second-order valence-corrected chi connectivity index (χ2v) is 16.8. The Labute approximate surface area is 343 Å². The fourth-order valence-electron chi connectivity index (χ4n) is 9.47. The van der Waals surface area contributed by atoms with E-state index in [1.54, 1.807) is 0 Å². The van der Waals surface area contributed by atoms with Crippen LogP contribution < -0.4 is 10.6 Å². The number of nitrogens with one attached hydrogen (secondary N) is 5. The number of H-pyrrole nitrogens is 3. The zero-order chi connectivity index (χ0) is 41.6. The smallest absolute Gasteiger partial charge is 0.407 e. The number of aromatic amines is 3. The summed E-state index contributed by atoms with van der Waals surface area (Å²) >= 11 is 0. The summed E-state index contributed by atoms with van der Waals surface area (Å²) in [6, 6.07) is 13.0. The molecular formula is C44H53N9O6. The summed E-state index contributed by atoms with van der Waals surface area (Å²) in [4.78, 5) is 75.7. The molecule has 59 heavy (non-hydrogen) atoms. The molecule has 1 saturated carbocycles. The van der Waals surface area contributed by atoms with Gasteiger partial charge in [-0.1, -0.05) is 64.1 Å². The van der Waals surface area contributed by atoms with Crippen LogP contribution in [0.15, 0.2) is 61.1 Å². The van der Waals surface area contributed by atoms with Gasteiger partial charge in [0.05, 0.1) is 49.6 Å². The lowest BCUT2D eigenvalue weighted by Gasteiger charge is -2.40. The number of rotatable bonds is 11. The molecule has 3 fully saturated rings. The van der Waals surface area contributed by atoms with Gasteiger partial charge in [-0.15, -0.1) is 0 Å². The molecule has 15 nitrogen and oxygen atoms in total. The second-order valence-electron chi connectivity index (χ2n) is 16.8. The molecule has 4 amide bonds. The third kappa shape index (κ3) is 7.20. The number of aromatic nitrogens is 5. The number of amides is 4. The lowest BCUT2D eigenvalue weighted by atomic mass is 9.93. The van der Waals surface area contributed by atoms with Crippen molar-refractivity contribution in [3.05, 3.63) is 72.7 Å². The maximum Gasteiger partial charge on any atom is 0.407 e. The van der Waals surface area contributed by atoms with Gasteiger partial charge in [0.1, 0.15) is 29.3 Å². The molecule has 3 aliphatic rings. The quantitative estimate of drug-likeness (QED) is 0.0955. The molecule has 0 radical (unpaired) electrons. The van der Waals surface area contributed by atoms with Crippen molar-refractivity contribution in [2.75, 3.05) is 27.3 Å². The van der Waals surface area contributed by atoms with Crippen molar-refractivity contribution in [1.82, 2.24) is 45.4 Å². The van der Waals surface area contributed by atoms with Crippen molar-refractivity contribution < 1.29 is 28.7 Å². The molecule has 2 bridgehead atoms. The van der Waals surface area contributed by atoms with Crippen LogP contribution in [0.2, 0.25) is 0 Å². The number of methoxy groups -OCH3 is 2. The standard InChI is InChI=1S/C44H53N9O6/c1-24(2)35(50-42(56)58-5)39(54)52-19-7-8-34(52)38-46-21-32(48-38)28-11-9-27(10-12-28)29-13-14-31(37-30(29)16-18-45-37)33-22-47-41(49-33)44-17-15-26(20-44)23-53(44)40(55)36(25(3)4)51-43(57)59-6/h9-14,16,18,21-22,24-26,34-36,45H,7-8,15,17,19-20,23H2,1-6H3,(H,46,48)(H,47,49)(H,50,56)(H,51,57). The third-order valence-electron chi connectivity index (χ3n) is 12.6. The summed E-state index contributed by atoms with van der Waals surface area (Å²) in [7, 11) is 2.60. The van der Waals surface area contributed by atoms with Crippen LogP contribution in [0, 0.1) is 17.8 Å². The number of benzene rings is 2. The number of likely N-dealkylation sites (tertiary alicyclic amines) is 2. The highest BCUT2D eigenvalue weighted by molar-refractivity contribution is 6.02. The summed E-state index contributed by atoms with van der Waals surface area (Å²) in [5.74, 6) is 1.38. The first kappa shape index (κ1) is 39.7. The lowest BCUT2D eigenvalue weighted by Crippen LogP contribution is -2.56. The Morgan fingerprint density at radius 1 is 0.797 bits per heavy atom. The topological polar surface area (TPSA) is 190 Å². The van der Waals surface area contributed by atoms with E-state index in [2.05, 4.69) is 68.1 Å². The van der Waals surface area contributed by atoms with E-state index in [0.717, 1.165) is 88.3 Å². The van der Waals surface area contributed by atoms with E-state index in [1.807, 2.05) is 56.1 Å². The molecule has 5 aromatic rings. The van der Waals surface area contributed by atoms with Crippen molar-refractivity contribution in [2.24, 2.45) is 17.8 Å². The molecule has 2 aromatic carbocycles. The first-order chi connectivity index (χ1) is 28.4. The molecule has 5 unspecified atom stereocenters. The zero-order valence-electron chi connectivity index (χ0n) is 34.4. The van der Waals surface area contributed by atoms with Crippen LogP contribution in [0.4, 0.5) is 9.59 Å². The minimum absolute atomic E-state index is 0.111. The zero-order valence-corrected chi connectivity index (χ0v) is 34.4. The average molecular weight is 804 g/mol. The van der Waals surface area contributed by atoms with Gasteiger partial charge in [0, 0.05) is 30.2 Å². The number of alkyl carbamates (subject to hydrolysis) is 2. The van der Waals surface area contributed by atoms with E-state index in [0.29, 0.717) is 19.0 Å². The molecule has 5 heterocycles. The van der Waals surface area contributed by atoms with Crippen LogP contribution in [0.3, 0.4) is 0 Å². The van der Waals surface area contributed by atoms with Crippen molar-refractivity contribution >= 4 is 34.9 Å². The molecule has 5 N–H and O–H groups in total. The molecule has 5 atom stereocenters. The average Bonchev–Trinajstić information content (AvgIpc) is 4.10. The predicted molar refractivity (Wildman–Crippen MR) is 222 cm³/mol. The Balaban J connectivity index is 1.01. The van der Waals surface area contributed by atoms with Crippen molar-refractivity contribution in [1.29, 1.82) is 0 Å². The van der Waals surface area contributed by atoms with E-state index in [4.69, 9.17) is 19.4 Å². The maximum absolute atomic E-state index is 14.0. The largest absolute Gasteiger partial charge is 0.453 e. The van der Waals surface area contributed by atoms with E-state index >= 15 is 0 Å². The van der Waals surface area contributed by atoms with Crippen LogP contribution in [0.25, 0.3) is 44.5 Å². The number of nitrogens with zero attached hydrogens (tertiary/aromatic N) is 4. The lowest BCUT2D eigenvalue weighted by molar-refractivity contribution is -0.140. The fraction of sp³-hybridized carbons (Fsp3) is 0.455. The normalized spacial score (nSPS) is 21.0. The number of imidazole rings is 2. The van der Waals surface area contributed by atoms with Gasteiger partial charge in [-0.05, 0) is 72.6 Å². The van der Waals surface area contributed by atoms with Crippen molar-refractivity contribution in [2.45, 2.75) is 83.5 Å². The Morgan fingerprint density at radius 2 is 1.46 bits per heavy atom. The first-order valence-electron chi connectivity index (χ1n) is 20.5. The highest BCUT2D eigenvalue weighted by Gasteiger charge is 2.56. The van der Waals surface area contributed by atoms with Gasteiger partial charge in [0.25, 0.3) is 0 Å². The number of hydrogen-bond acceptors (Lipinski definition) is 8. The van der Waals surface area contributed by atoms with Gasteiger partial charge in [-0.25, -0.2) is 19.6 Å². The van der Waals surface area contributed by atoms with E-state index in [9.17, 15) is 19.2 Å². The minimum atomic E-state index is -0.702. The predicted octanol–water partition coefficient (Wildman–Crippen LogP) is 6.88. The summed E-state index contributed by atoms with van der Waals surface area (Å²) in [5, 5.41) is 6.53. The van der Waals surface area contributed by atoms with Crippen LogP contribution >= 0.6 is 0 Å². The Hall–Kier alpha value is -6.12. The van der Waals surface area contributed by atoms with Gasteiger partial charge in [0.15, 0.2) is 0 Å². The number of carbonyl (C=O) groups excluding carboxylic acids is 4. The minimum Gasteiger partial charge on any atom is -0.453 e. The van der Waals surface area contributed by atoms with E-state index in [-0.39, 0.29) is 29.7 Å². The van der Waals surface area contributed by atoms with E-state index in [1.165, 1.54) is 14.2 Å². The van der Waals surface area contributed by atoms with Crippen LogP contribution in [-0.2, 0) is 24.6 Å². The molecule has 2 saturated heterocycles. The SMILES string of the molecule is COC(=O)NC(C(=O)N1CCCC1c1ncc(-c2ccc(-c3ccc(-c4cnc(C56CCC(CN5C(=O)C(NC(=O)OC)C(C)C)C6)[nH]4)c4[nH]ccc34)cc2)[nH]1)C(C)C. The summed E-state index contributed by atoms with van der Waals surface area (Å²) < 4.78 is 9.61. The molecule has 8 rings (SSSR count). The number of fused-ring (bicyclic) bond motifs is 3. The van der Waals surface area contributed by atoms with Crippen molar-refractivity contribution in [3.63, 3.8) is 0 Å². The number of hydrogen-bond donors (Lipinski definition) is 5. The monoisotopic (exact) mass is 803 g/mol. The molecule has 2 aliphatic heterocycles. The fourth-order valence-corrected chi connectivity index (χ4v) is 9.47. The van der Waals surface area contributed by atoms with Crippen LogP contribution in [-0.4, -0.2) is 98.1 Å². The molecule has 1 aliphatic carbocycles. The maximum atomic E-state index is 14.0. The third-order valence-corrected chi connectivity index (χ3v) is 12.6. The van der Waals surface area contributed by atoms with Gasteiger partial charge in [-0.2, -0.15) is 0 Å². The van der Waals surface area contributed by atoms with Crippen LogP contribution in [0.5, 0.6) is 0 Å². The molecular weight excluding hydrogens is 751 g/mol. The molecule has 0 spiro atoms. The number of piperidine rings is 1. The second kappa shape index (κ2) is 15.9. The van der Waals surface area contributed by atoms with Crippen LogP contribution in [0.1, 0.15) is 77.5 Å². The molecule has 15 heteroatoms. The highest BCUT2D eigenvalue weighted by Crippen LogP contribution is 2.52. The Bertz CT molecular complexity index is 2360. The van der Waals surface area contributed by atoms with Gasteiger partial charge >= 0.3 is 12.2 Å². The van der Waals surface area contributed by atoms with Crippen molar-refractivity contribution in [3.8, 4) is 33.6 Å². The Morgan fingerprint density at radius 3 is 2.14 bits per heavy atom. The van der Waals surface area contributed by atoms with Gasteiger partial charge in [-0.3, -0.25) is 9.59 Å². The van der Waals surface area contributed by atoms with Gasteiger partial charge in [0.2, 0.25) is 11.8 Å². The summed E-state index contributed by atoms with van der Waals surface area (Å²) in [6.07, 6.45) is 8.63. The highest BCUT2D eigenvalue weighted by atomic mass is 16.5. The summed E-state index contributed by atoms with van der Waals surface area (Å²) in [5.41, 5.74) is 6.19. The first-order valence-corrected chi connectivity index (χ1v) is 20.5. The summed E-state index contributed by atoms with van der Waals surface area (Å²) in [6.45, 7) is 8.87. The van der Waals surface area contributed by atoms with Gasteiger partial charge < -0.3 is 44.9 Å². The number of carbonyl (C=O) groups is 4. The van der Waals surface area contributed by atoms with E-state index < -0.39 is 29.8 Å². The Kier molecular flexibility index (Phi) is 10.7. The molecule has 3 aromatic heterocycles.